The van der Waals surface area contributed by atoms with Gasteiger partial charge in [0, 0.05) is 19.0 Å². The van der Waals surface area contributed by atoms with E-state index in [-0.39, 0.29) is 29.6 Å². The van der Waals surface area contributed by atoms with Crippen molar-refractivity contribution in [2.24, 2.45) is 17.8 Å². The Labute approximate surface area is 103 Å². The molecule has 2 atom stereocenters. The minimum atomic E-state index is -0.197. The first-order valence-electron chi connectivity index (χ1n) is 6.41. The normalized spacial score (nSPS) is 24.2. The molecule has 0 N–H and O–H groups in total. The van der Waals surface area contributed by atoms with E-state index in [4.69, 9.17) is 4.74 Å². The highest BCUT2D eigenvalue weighted by Crippen LogP contribution is 2.26. The molecule has 4 heteroatoms. The molecule has 98 valence electrons. The summed E-state index contributed by atoms with van der Waals surface area (Å²) in [6, 6.07) is 0. The Kier molecular flexibility index (Phi) is 4.97. The molecule has 0 aromatic rings. The molecule has 1 amide bonds. The Morgan fingerprint density at radius 3 is 2.35 bits per heavy atom. The lowest BCUT2D eigenvalue weighted by atomic mass is 9.99. The van der Waals surface area contributed by atoms with Crippen LogP contribution in [0.4, 0.5) is 0 Å². The number of hydrogen-bond donors (Lipinski definition) is 0. The minimum absolute atomic E-state index is 0.0959. The van der Waals surface area contributed by atoms with Crippen molar-refractivity contribution in [2.45, 2.75) is 33.6 Å². The molecular formula is C13H23NO3. The lowest BCUT2D eigenvalue weighted by molar-refractivity contribution is -0.146. The average Bonchev–Trinajstić information content (AvgIpc) is 2.71. The van der Waals surface area contributed by atoms with Crippen molar-refractivity contribution in [3.05, 3.63) is 0 Å². The number of likely N-dealkylation sites (tertiary alicyclic amines) is 1. The predicted molar refractivity (Wildman–Crippen MR) is 65.3 cm³/mol. The van der Waals surface area contributed by atoms with Crippen molar-refractivity contribution < 1.29 is 14.3 Å². The molecule has 0 aromatic carbocycles. The lowest BCUT2D eigenvalue weighted by Crippen LogP contribution is -2.34. The second-order valence-corrected chi connectivity index (χ2v) is 4.86. The molecule has 0 aromatic heterocycles. The number of nitrogens with zero attached hydrogens (tertiary/aromatic N) is 1. The largest absolute Gasteiger partial charge is 0.469 e. The second kappa shape index (κ2) is 6.03. The maximum Gasteiger partial charge on any atom is 0.310 e. The van der Waals surface area contributed by atoms with Gasteiger partial charge in [-0.05, 0) is 18.8 Å². The Bertz CT molecular complexity index is 286. The van der Waals surface area contributed by atoms with Gasteiger partial charge < -0.3 is 9.64 Å². The first-order chi connectivity index (χ1) is 8.04. The second-order valence-electron chi connectivity index (χ2n) is 4.86. The molecule has 1 fully saturated rings. The zero-order valence-electron chi connectivity index (χ0n) is 11.2. The Balaban J connectivity index is 2.65. The molecule has 0 bridgehead atoms. The van der Waals surface area contributed by atoms with E-state index in [2.05, 4.69) is 0 Å². The summed E-state index contributed by atoms with van der Waals surface area (Å²) < 4.78 is 4.77. The van der Waals surface area contributed by atoms with Gasteiger partial charge in [-0.15, -0.1) is 0 Å². The summed E-state index contributed by atoms with van der Waals surface area (Å²) >= 11 is 0. The SMILES string of the molecule is CCC(CC)C(=O)N1CC(C)C(C(=O)OC)C1. The fourth-order valence-electron chi connectivity index (χ4n) is 2.50. The third kappa shape index (κ3) is 2.99. The highest BCUT2D eigenvalue weighted by molar-refractivity contribution is 5.81. The van der Waals surface area contributed by atoms with E-state index in [9.17, 15) is 9.59 Å². The number of hydrogen-bond acceptors (Lipinski definition) is 3. The van der Waals surface area contributed by atoms with E-state index in [0.29, 0.717) is 13.1 Å². The van der Waals surface area contributed by atoms with Crippen LogP contribution in [0.2, 0.25) is 0 Å². The fraction of sp³-hybridized carbons (Fsp3) is 0.846. The van der Waals surface area contributed by atoms with Crippen molar-refractivity contribution in [1.29, 1.82) is 0 Å². The van der Waals surface area contributed by atoms with Crippen LogP contribution in [0.25, 0.3) is 0 Å². The van der Waals surface area contributed by atoms with E-state index in [1.54, 1.807) is 0 Å². The van der Waals surface area contributed by atoms with Gasteiger partial charge in [-0.25, -0.2) is 0 Å². The van der Waals surface area contributed by atoms with E-state index in [1.807, 2.05) is 25.7 Å². The van der Waals surface area contributed by atoms with Gasteiger partial charge in [0.15, 0.2) is 0 Å². The van der Waals surface area contributed by atoms with Crippen molar-refractivity contribution in [2.75, 3.05) is 20.2 Å². The first kappa shape index (κ1) is 14.0. The minimum Gasteiger partial charge on any atom is -0.469 e. The molecule has 2 unspecified atom stereocenters. The lowest BCUT2D eigenvalue weighted by Gasteiger charge is -2.21. The van der Waals surface area contributed by atoms with Crippen LogP contribution in [0.1, 0.15) is 33.6 Å². The van der Waals surface area contributed by atoms with Gasteiger partial charge in [0.2, 0.25) is 5.91 Å². The van der Waals surface area contributed by atoms with Gasteiger partial charge in [-0.2, -0.15) is 0 Å². The number of methoxy groups -OCH3 is 1. The van der Waals surface area contributed by atoms with Gasteiger partial charge in [0.05, 0.1) is 13.0 Å². The number of rotatable bonds is 4. The summed E-state index contributed by atoms with van der Waals surface area (Å²) in [6.45, 7) is 7.26. The zero-order chi connectivity index (χ0) is 13.0. The van der Waals surface area contributed by atoms with E-state index in [0.717, 1.165) is 12.8 Å². The Morgan fingerprint density at radius 2 is 1.88 bits per heavy atom. The number of amides is 1. The number of carbonyl (C=O) groups excluding carboxylic acids is 2. The van der Waals surface area contributed by atoms with Crippen molar-refractivity contribution >= 4 is 11.9 Å². The van der Waals surface area contributed by atoms with Crippen LogP contribution in [-0.2, 0) is 14.3 Å². The van der Waals surface area contributed by atoms with Gasteiger partial charge in [0.1, 0.15) is 0 Å². The molecule has 17 heavy (non-hydrogen) atoms. The molecule has 1 rings (SSSR count). The smallest absolute Gasteiger partial charge is 0.310 e. The van der Waals surface area contributed by atoms with E-state index < -0.39 is 0 Å². The molecule has 0 spiro atoms. The quantitative estimate of drug-likeness (QED) is 0.704. The molecule has 4 nitrogen and oxygen atoms in total. The standard InChI is InChI=1S/C13H23NO3/c1-5-10(6-2)12(15)14-7-9(3)11(8-14)13(16)17-4/h9-11H,5-8H2,1-4H3. The fourth-order valence-corrected chi connectivity index (χ4v) is 2.50. The highest BCUT2D eigenvalue weighted by Gasteiger charge is 2.38. The van der Waals surface area contributed by atoms with Crippen LogP contribution in [-0.4, -0.2) is 37.0 Å². The zero-order valence-corrected chi connectivity index (χ0v) is 11.2. The van der Waals surface area contributed by atoms with Crippen LogP contribution in [0.3, 0.4) is 0 Å². The topological polar surface area (TPSA) is 46.6 Å². The highest BCUT2D eigenvalue weighted by atomic mass is 16.5. The molecule has 1 saturated heterocycles. The monoisotopic (exact) mass is 241 g/mol. The van der Waals surface area contributed by atoms with Gasteiger partial charge in [-0.3, -0.25) is 9.59 Å². The molecule has 0 saturated carbocycles. The maximum atomic E-state index is 12.2. The van der Waals surface area contributed by atoms with Crippen LogP contribution < -0.4 is 0 Å². The number of carbonyl (C=O) groups is 2. The third-order valence-electron chi connectivity index (χ3n) is 3.76. The van der Waals surface area contributed by atoms with E-state index >= 15 is 0 Å². The van der Waals surface area contributed by atoms with Crippen LogP contribution in [0, 0.1) is 17.8 Å². The summed E-state index contributed by atoms with van der Waals surface area (Å²) in [6.07, 6.45) is 1.73. The summed E-state index contributed by atoms with van der Waals surface area (Å²) in [5, 5.41) is 0. The molecule has 0 radical (unpaired) electrons. The average molecular weight is 241 g/mol. The van der Waals surface area contributed by atoms with Crippen LogP contribution in [0.5, 0.6) is 0 Å². The summed E-state index contributed by atoms with van der Waals surface area (Å²) in [7, 11) is 1.40. The first-order valence-corrected chi connectivity index (χ1v) is 6.41. The van der Waals surface area contributed by atoms with Gasteiger partial charge in [-0.1, -0.05) is 20.8 Å². The molecule has 1 aliphatic heterocycles. The van der Waals surface area contributed by atoms with E-state index in [1.165, 1.54) is 7.11 Å². The number of ether oxygens (including phenoxy) is 1. The maximum absolute atomic E-state index is 12.2. The van der Waals surface area contributed by atoms with Gasteiger partial charge >= 0.3 is 5.97 Å². The Morgan fingerprint density at radius 1 is 1.29 bits per heavy atom. The molecule has 1 heterocycles. The number of esters is 1. The van der Waals surface area contributed by atoms with Crippen LogP contribution in [0.15, 0.2) is 0 Å². The van der Waals surface area contributed by atoms with Crippen molar-refractivity contribution in [3.8, 4) is 0 Å². The summed E-state index contributed by atoms with van der Waals surface area (Å²) in [5.41, 5.74) is 0. The summed E-state index contributed by atoms with van der Waals surface area (Å²) in [4.78, 5) is 25.5. The predicted octanol–water partition coefficient (Wildman–Crippen LogP) is 1.69. The third-order valence-corrected chi connectivity index (χ3v) is 3.76. The molecular weight excluding hydrogens is 218 g/mol. The van der Waals surface area contributed by atoms with Crippen molar-refractivity contribution in [3.63, 3.8) is 0 Å². The Hall–Kier alpha value is -1.06. The molecule has 1 aliphatic rings. The molecule has 0 aliphatic carbocycles. The summed E-state index contributed by atoms with van der Waals surface area (Å²) in [5.74, 6) is 0.128. The van der Waals surface area contributed by atoms with Crippen molar-refractivity contribution in [1.82, 2.24) is 4.90 Å². The van der Waals surface area contributed by atoms with Crippen LogP contribution >= 0.6 is 0 Å². The van der Waals surface area contributed by atoms with Gasteiger partial charge in [0.25, 0.3) is 0 Å².